The molecule has 0 aromatic heterocycles. The number of nitrogens with zero attached hydrogens (tertiary/aromatic N) is 5. The zero-order valence-corrected chi connectivity index (χ0v) is 79.3. The quantitative estimate of drug-likeness (QED) is 0.00979. The Morgan fingerprint density at radius 3 is 1.47 bits per heavy atom. The Balaban J connectivity index is 0.790. The van der Waals surface area contributed by atoms with E-state index < -0.39 is 172 Å². The first kappa shape index (κ1) is 101. The van der Waals surface area contributed by atoms with Crippen LogP contribution in [0.25, 0.3) is 21.5 Å². The van der Waals surface area contributed by atoms with Gasteiger partial charge in [0, 0.05) is 144 Å². The number of unbranched alkanes of at least 4 members (excludes halogenated alkanes) is 4. The number of benzene rings is 7. The van der Waals surface area contributed by atoms with Gasteiger partial charge in [0.2, 0.25) is 17.3 Å². The van der Waals surface area contributed by atoms with Crippen molar-refractivity contribution in [2.75, 3.05) is 59.8 Å². The summed E-state index contributed by atoms with van der Waals surface area (Å²) in [6.07, 6.45) is 11.4. The third-order valence-corrected chi connectivity index (χ3v) is 32.4. The molecule has 131 heavy (non-hydrogen) atoms. The molecular formula is C85H100N6O31S9+2. The van der Waals surface area contributed by atoms with Crippen LogP contribution < -0.4 is 15.1 Å². The van der Waals surface area contributed by atoms with E-state index in [1.165, 1.54) is 64.1 Å². The predicted molar refractivity (Wildman–Crippen MR) is 484 cm³/mol. The van der Waals surface area contributed by atoms with Gasteiger partial charge in [0.25, 0.3) is 97.0 Å². The maximum absolute atomic E-state index is 14.3. The van der Waals surface area contributed by atoms with Crippen LogP contribution in [0, 0.1) is 0 Å². The van der Waals surface area contributed by atoms with Crippen molar-refractivity contribution in [3.05, 3.63) is 189 Å². The molecule has 7 aromatic carbocycles. The van der Waals surface area contributed by atoms with Crippen molar-refractivity contribution in [2.24, 2.45) is 0 Å². The molecule has 708 valence electrons. The number of aliphatic carboxylic acids is 1. The van der Waals surface area contributed by atoms with E-state index in [1.54, 1.807) is 49.9 Å². The van der Waals surface area contributed by atoms with E-state index in [0.717, 1.165) is 29.5 Å². The number of rotatable bonds is 37. The van der Waals surface area contributed by atoms with Gasteiger partial charge in [-0.2, -0.15) is 84.9 Å². The number of carbonyl (C=O) groups excluding carboxylic acids is 2. The molecule has 0 aliphatic carbocycles. The summed E-state index contributed by atoms with van der Waals surface area (Å²) in [5, 5.41) is 11.4. The van der Waals surface area contributed by atoms with Gasteiger partial charge >= 0.3 is 5.97 Å². The summed E-state index contributed by atoms with van der Waals surface area (Å²) >= 11 is 0. The van der Waals surface area contributed by atoms with Crippen molar-refractivity contribution in [3.8, 4) is 0 Å². The lowest BCUT2D eigenvalue weighted by Crippen LogP contribution is -2.37. The number of fused-ring (bicyclic) bond motifs is 9. The standard InChI is InChI=1S/C85H98N6O31S9/c1-82(2)64-43-53(25-29-66(64)89(37-17-41-124(99,100)101)73(82)19-14-20-74-83(3,4)65-48-56(126(105,106)107)26-30-67(65)88(74)35-13-9-11-24-78(93)94)51-86-81(95)55-44-54-33-39-87(52-63(54)70(45-55)129(114,115)116)77(92)23-10-8-12-36-90-68-31-27-59-61(46-57(127(108,109)110)49-71(59)130(117,118)119)79(68)84(5,6)75(90)21-15-22-76-85(7,34-16-40-123(96,97)98)80-62-47-58(128(111,112)113)50-72(131(120,121)122)60(62)28-32-69(80)91(76)38-18-42-125(102,103)104/h14-15,19-22,25-32,43-50H,8-13,16-18,23-24,33-42,51-52H2,1-7H3,(H9-2,86,93,94,95,96,97,98,99,100,101,102,103,104,105,106,107,108,109,110,111,112,113,114,115,116,117,118,119,120,121,122)/p+2. The number of anilines is 2. The van der Waals surface area contributed by atoms with Crippen LogP contribution in [-0.2, 0) is 142 Å². The summed E-state index contributed by atoms with van der Waals surface area (Å²) in [6, 6.07) is 20.6. The van der Waals surface area contributed by atoms with Gasteiger partial charge in [-0.15, -0.1) is 0 Å². The fourth-order valence-corrected chi connectivity index (χ4v) is 24.2. The Morgan fingerprint density at radius 1 is 0.443 bits per heavy atom. The number of carboxylic acids is 1. The average molecular weight is 1990 g/mol. The smallest absolute Gasteiger partial charge is 0.303 e. The average Bonchev–Trinajstić information content (AvgIpc) is 1.56. The second kappa shape index (κ2) is 36.7. The highest BCUT2D eigenvalue weighted by Gasteiger charge is 2.51. The largest absolute Gasteiger partial charge is 0.481 e. The van der Waals surface area contributed by atoms with E-state index >= 15 is 0 Å². The van der Waals surface area contributed by atoms with Gasteiger partial charge in [-0.3, -0.25) is 55.4 Å². The number of hydrogen-bond donors (Lipinski definition) is 11. The molecule has 12 rings (SSSR count). The van der Waals surface area contributed by atoms with E-state index in [4.69, 9.17) is 0 Å². The molecule has 5 aliphatic heterocycles. The van der Waals surface area contributed by atoms with Gasteiger partial charge in [-0.25, -0.2) is 0 Å². The zero-order chi connectivity index (χ0) is 96.7. The molecule has 0 spiro atoms. The molecule has 5 aliphatic rings. The molecule has 0 radical (unpaired) electrons. The molecular weight excluding hydrogens is 1890 g/mol. The Morgan fingerprint density at radius 2 is 0.931 bits per heavy atom. The van der Waals surface area contributed by atoms with Crippen LogP contribution in [0.4, 0.5) is 22.7 Å². The minimum absolute atomic E-state index is 0.000656. The Hall–Kier alpha value is -9.44. The number of allylic oxidation sites excluding steroid dienone is 8. The fourth-order valence-electron chi connectivity index (χ4n) is 18.7. The summed E-state index contributed by atoms with van der Waals surface area (Å²) in [4.78, 5) is 40.4. The lowest BCUT2D eigenvalue weighted by atomic mass is 9.74. The third kappa shape index (κ3) is 21.8. The normalized spacial score (nSPS) is 18.3. The number of nitrogens with one attached hydrogen (secondary N) is 1. The molecule has 1 unspecified atom stereocenters. The van der Waals surface area contributed by atoms with Gasteiger partial charge in [0.05, 0.1) is 47.7 Å². The molecule has 37 nitrogen and oxygen atoms in total. The van der Waals surface area contributed by atoms with Crippen LogP contribution in [0.2, 0.25) is 0 Å². The minimum Gasteiger partial charge on any atom is -0.481 e. The summed E-state index contributed by atoms with van der Waals surface area (Å²) in [5.74, 6) is -4.33. The highest BCUT2D eigenvalue weighted by atomic mass is 32.3. The molecule has 0 fully saturated rings. The second-order valence-electron chi connectivity index (χ2n) is 34.8. The Bertz CT molecular complexity index is 7290. The van der Waals surface area contributed by atoms with E-state index in [1.807, 2.05) is 61.5 Å². The lowest BCUT2D eigenvalue weighted by molar-refractivity contribution is -0.437. The SMILES string of the molecule is CC1(C)C(/C=C/C=C2/N(CCCCCC(=O)O)c3ccc(S(=O)(=O)O)cc3C2(C)C)=[N+](CCCS(=O)(=O)O)c2ccc(CNC(=O)c3cc4c(c(S(=O)(=O)O)c3)CN(C(=O)CCCCCN3/C(=C/C=C/C5=[N+](CCCS(=O)(=O)O)c6ccc7c(S(=O)(=O)O)cc(S(=O)(=O)O)cc7c6C5(C)CCCS(=O)(=O)O)C(C)(C)c5c3ccc3c(S(=O)(=O)O)cc(S(=O)(=O)O)cc53)CC4)cc21. The van der Waals surface area contributed by atoms with Gasteiger partial charge in [-0.1, -0.05) is 64.8 Å². The van der Waals surface area contributed by atoms with Crippen LogP contribution in [0.3, 0.4) is 0 Å². The van der Waals surface area contributed by atoms with Crippen molar-refractivity contribution in [2.45, 2.75) is 196 Å². The monoisotopic (exact) mass is 1990 g/mol. The molecule has 5 heterocycles. The maximum Gasteiger partial charge on any atom is 0.303 e. The van der Waals surface area contributed by atoms with Crippen LogP contribution in [0.1, 0.15) is 175 Å². The maximum atomic E-state index is 14.3. The van der Waals surface area contributed by atoms with Gasteiger partial charge < -0.3 is 25.1 Å². The lowest BCUT2D eigenvalue weighted by Gasteiger charge is -2.30. The first-order chi connectivity index (χ1) is 60.4. The third-order valence-electron chi connectivity index (χ3n) is 24.8. The minimum atomic E-state index is -5.31. The second-order valence-corrected chi connectivity index (χ2v) is 47.9. The van der Waals surface area contributed by atoms with E-state index in [2.05, 4.69) is 5.32 Å². The van der Waals surface area contributed by atoms with Crippen molar-refractivity contribution in [1.29, 1.82) is 0 Å². The van der Waals surface area contributed by atoms with Crippen molar-refractivity contribution < 1.29 is 145 Å². The Labute approximate surface area is 759 Å². The summed E-state index contributed by atoms with van der Waals surface area (Å²) < 4.78 is 324. The summed E-state index contributed by atoms with van der Waals surface area (Å²) in [6.45, 7) is 12.5. The molecule has 11 N–H and O–H groups in total. The predicted octanol–water partition coefficient (Wildman–Crippen LogP) is 10.6. The van der Waals surface area contributed by atoms with E-state index in [-0.39, 0.29) is 157 Å². The van der Waals surface area contributed by atoms with Crippen LogP contribution in [0.15, 0.2) is 174 Å². The van der Waals surface area contributed by atoms with Gasteiger partial charge in [0.1, 0.15) is 22.9 Å². The number of carbonyl (C=O) groups is 3. The van der Waals surface area contributed by atoms with Crippen molar-refractivity contribution in [3.63, 3.8) is 0 Å². The topological polar surface area (TPSA) is 589 Å². The number of carboxylic acid groups (broad SMARTS) is 1. The van der Waals surface area contributed by atoms with Crippen LogP contribution in [0.5, 0.6) is 0 Å². The molecule has 2 amide bonds. The fraction of sp³-hybridized carbons (Fsp3) is 0.400. The number of amides is 2. The molecule has 46 heteroatoms. The summed E-state index contributed by atoms with van der Waals surface area (Å²) in [7, 11) is -44.5. The van der Waals surface area contributed by atoms with Gasteiger partial charge in [-0.05, 0) is 189 Å². The first-order valence-corrected chi connectivity index (χ1v) is 54.7. The highest BCUT2D eigenvalue weighted by Crippen LogP contribution is 2.55. The Kier molecular flexibility index (Phi) is 28.2. The molecule has 1 atom stereocenters. The first-order valence-electron chi connectivity index (χ1n) is 41.2. The molecule has 0 saturated heterocycles. The highest BCUT2D eigenvalue weighted by molar-refractivity contribution is 7.88. The molecule has 0 saturated carbocycles. The van der Waals surface area contributed by atoms with Crippen molar-refractivity contribution >= 4 is 165 Å². The molecule has 7 aromatic rings. The van der Waals surface area contributed by atoms with E-state index in [9.17, 15) is 136 Å². The molecule has 0 bridgehead atoms. The number of hydrogen-bond acceptors (Lipinski definition) is 23. The van der Waals surface area contributed by atoms with Crippen molar-refractivity contribution in [1.82, 2.24) is 10.2 Å². The summed E-state index contributed by atoms with van der Waals surface area (Å²) in [5.41, 5.74) is 1.74. The van der Waals surface area contributed by atoms with Crippen LogP contribution in [-0.4, -0.2) is 215 Å². The van der Waals surface area contributed by atoms with Gasteiger partial charge in [0.15, 0.2) is 11.4 Å². The van der Waals surface area contributed by atoms with Crippen LogP contribution >= 0.6 is 0 Å². The van der Waals surface area contributed by atoms with E-state index in [0.29, 0.717) is 89.5 Å². The zero-order valence-electron chi connectivity index (χ0n) is 71.9.